The highest BCUT2D eigenvalue weighted by molar-refractivity contribution is 7.84. The van der Waals surface area contributed by atoms with Crippen LogP contribution in [0.3, 0.4) is 0 Å². The van der Waals surface area contributed by atoms with E-state index in [9.17, 15) is 8.60 Å². The lowest BCUT2D eigenvalue weighted by Crippen LogP contribution is -2.08. The number of halogens is 1. The average Bonchev–Trinajstić information content (AvgIpc) is 2.28. The van der Waals surface area contributed by atoms with Crippen molar-refractivity contribution in [3.05, 3.63) is 35.1 Å². The molecule has 1 aromatic rings. The molecule has 17 heavy (non-hydrogen) atoms. The molecule has 1 atom stereocenters. The zero-order valence-corrected chi connectivity index (χ0v) is 11.2. The van der Waals surface area contributed by atoms with Crippen molar-refractivity contribution >= 4 is 10.8 Å². The van der Waals surface area contributed by atoms with Crippen molar-refractivity contribution in [1.29, 1.82) is 0 Å². The zero-order chi connectivity index (χ0) is 12.8. The SMILES string of the molecule is CC(C)CCS(=O)Cc1ccc(F)cc1CN. The standard InChI is InChI=1S/C13H20FNOS/c1-10(2)5-6-17(16)9-11-3-4-13(14)7-12(11)8-15/h3-4,7,10H,5-6,8-9,15H2,1-2H3. The third-order valence-electron chi connectivity index (χ3n) is 2.63. The molecule has 0 fully saturated rings. The Hall–Kier alpha value is -0.740. The van der Waals surface area contributed by atoms with Gasteiger partial charge in [0.2, 0.25) is 0 Å². The molecule has 0 saturated carbocycles. The molecule has 0 aliphatic carbocycles. The molecule has 0 aliphatic rings. The number of hydrogen-bond acceptors (Lipinski definition) is 2. The van der Waals surface area contributed by atoms with Gasteiger partial charge in [-0.3, -0.25) is 4.21 Å². The molecule has 0 saturated heterocycles. The Morgan fingerprint density at radius 1 is 1.35 bits per heavy atom. The van der Waals surface area contributed by atoms with Gasteiger partial charge >= 0.3 is 0 Å². The molecule has 96 valence electrons. The quantitative estimate of drug-likeness (QED) is 0.851. The van der Waals surface area contributed by atoms with Gasteiger partial charge in [-0.25, -0.2) is 4.39 Å². The van der Waals surface area contributed by atoms with E-state index in [1.807, 2.05) is 0 Å². The second kappa shape index (κ2) is 6.87. The van der Waals surface area contributed by atoms with Gasteiger partial charge in [0.1, 0.15) is 5.82 Å². The molecule has 1 rings (SSSR count). The lowest BCUT2D eigenvalue weighted by molar-refractivity contribution is 0.618. The van der Waals surface area contributed by atoms with Crippen LogP contribution in [0.2, 0.25) is 0 Å². The summed E-state index contributed by atoms with van der Waals surface area (Å²) in [5.74, 6) is 1.43. The van der Waals surface area contributed by atoms with Crippen LogP contribution in [0.1, 0.15) is 31.4 Å². The Morgan fingerprint density at radius 2 is 2.06 bits per heavy atom. The fourth-order valence-corrected chi connectivity index (χ4v) is 3.05. The molecule has 2 N–H and O–H groups in total. The molecule has 0 radical (unpaired) electrons. The lowest BCUT2D eigenvalue weighted by Gasteiger charge is -2.09. The van der Waals surface area contributed by atoms with Crippen LogP contribution in [0.5, 0.6) is 0 Å². The van der Waals surface area contributed by atoms with Gasteiger partial charge in [-0.15, -0.1) is 0 Å². The van der Waals surface area contributed by atoms with Crippen LogP contribution >= 0.6 is 0 Å². The fourth-order valence-electron chi connectivity index (χ4n) is 1.54. The molecule has 1 unspecified atom stereocenters. The maximum atomic E-state index is 13.0. The third kappa shape index (κ3) is 4.96. The molecule has 1 aromatic carbocycles. The average molecular weight is 257 g/mol. The van der Waals surface area contributed by atoms with Gasteiger partial charge in [0.15, 0.2) is 0 Å². The second-order valence-corrected chi connectivity index (χ2v) is 6.16. The van der Waals surface area contributed by atoms with E-state index < -0.39 is 10.8 Å². The van der Waals surface area contributed by atoms with Crippen LogP contribution in [0.4, 0.5) is 4.39 Å². The summed E-state index contributed by atoms with van der Waals surface area (Å²) < 4.78 is 24.8. The number of benzene rings is 1. The van der Waals surface area contributed by atoms with Crippen molar-refractivity contribution in [2.45, 2.75) is 32.6 Å². The van der Waals surface area contributed by atoms with Crippen LogP contribution in [0, 0.1) is 11.7 Å². The Morgan fingerprint density at radius 3 is 2.65 bits per heavy atom. The van der Waals surface area contributed by atoms with Gasteiger partial charge in [0, 0.05) is 28.9 Å². The predicted octanol–water partition coefficient (Wildman–Crippen LogP) is 2.58. The first-order valence-corrected chi connectivity index (χ1v) is 7.34. The summed E-state index contributed by atoms with van der Waals surface area (Å²) >= 11 is 0. The Bertz CT molecular complexity index is 393. The van der Waals surface area contributed by atoms with E-state index in [4.69, 9.17) is 5.73 Å². The van der Waals surface area contributed by atoms with Gasteiger partial charge in [-0.2, -0.15) is 0 Å². The van der Waals surface area contributed by atoms with Gasteiger partial charge < -0.3 is 5.73 Å². The summed E-state index contributed by atoms with van der Waals surface area (Å²) in [4.78, 5) is 0. The zero-order valence-electron chi connectivity index (χ0n) is 10.4. The van der Waals surface area contributed by atoms with Crippen molar-refractivity contribution in [2.75, 3.05) is 5.75 Å². The van der Waals surface area contributed by atoms with Crippen molar-refractivity contribution in [1.82, 2.24) is 0 Å². The predicted molar refractivity (Wildman–Crippen MR) is 70.5 cm³/mol. The minimum Gasteiger partial charge on any atom is -0.326 e. The highest BCUT2D eigenvalue weighted by Gasteiger charge is 2.08. The van der Waals surface area contributed by atoms with Crippen molar-refractivity contribution in [3.63, 3.8) is 0 Å². The molecule has 0 heterocycles. The summed E-state index contributed by atoms with van der Waals surface area (Å²) in [6, 6.07) is 4.51. The molecule has 2 nitrogen and oxygen atoms in total. The van der Waals surface area contributed by atoms with Gasteiger partial charge in [-0.1, -0.05) is 19.9 Å². The van der Waals surface area contributed by atoms with Crippen LogP contribution in [-0.2, 0) is 23.1 Å². The Kier molecular flexibility index (Phi) is 5.78. The normalized spacial score (nSPS) is 13.0. The summed E-state index contributed by atoms with van der Waals surface area (Å²) in [6.45, 7) is 4.51. The second-order valence-electron chi connectivity index (χ2n) is 4.59. The molecular weight excluding hydrogens is 237 g/mol. The maximum absolute atomic E-state index is 13.0. The molecule has 0 aliphatic heterocycles. The van der Waals surface area contributed by atoms with Crippen LogP contribution in [-0.4, -0.2) is 9.96 Å². The smallest absolute Gasteiger partial charge is 0.123 e. The van der Waals surface area contributed by atoms with Gasteiger partial charge in [0.25, 0.3) is 0 Å². The van der Waals surface area contributed by atoms with E-state index in [-0.39, 0.29) is 12.4 Å². The monoisotopic (exact) mass is 257 g/mol. The van der Waals surface area contributed by atoms with E-state index in [2.05, 4.69) is 13.8 Å². The summed E-state index contributed by atoms with van der Waals surface area (Å²) in [7, 11) is -0.888. The fraction of sp³-hybridized carbons (Fsp3) is 0.538. The first-order valence-electron chi connectivity index (χ1n) is 5.85. The van der Waals surface area contributed by atoms with Crippen molar-refractivity contribution < 1.29 is 8.60 Å². The maximum Gasteiger partial charge on any atom is 0.123 e. The minimum absolute atomic E-state index is 0.286. The summed E-state index contributed by atoms with van der Waals surface area (Å²) in [5, 5.41) is 0. The highest BCUT2D eigenvalue weighted by atomic mass is 32.2. The largest absolute Gasteiger partial charge is 0.326 e. The van der Waals surface area contributed by atoms with Crippen LogP contribution < -0.4 is 5.73 Å². The van der Waals surface area contributed by atoms with E-state index in [1.54, 1.807) is 6.07 Å². The van der Waals surface area contributed by atoms with E-state index in [0.717, 1.165) is 17.5 Å². The minimum atomic E-state index is -0.888. The van der Waals surface area contributed by atoms with E-state index in [0.29, 0.717) is 17.4 Å². The summed E-state index contributed by atoms with van der Waals surface area (Å²) in [6.07, 6.45) is 0.950. The van der Waals surface area contributed by atoms with Crippen LogP contribution in [0.25, 0.3) is 0 Å². The first kappa shape index (κ1) is 14.3. The lowest BCUT2D eigenvalue weighted by atomic mass is 10.1. The molecule has 0 amide bonds. The topological polar surface area (TPSA) is 43.1 Å². The molecule has 0 aromatic heterocycles. The molecule has 0 bridgehead atoms. The Labute approximate surface area is 105 Å². The summed E-state index contributed by atoms with van der Waals surface area (Å²) in [5.41, 5.74) is 7.20. The van der Waals surface area contributed by atoms with E-state index in [1.165, 1.54) is 12.1 Å². The van der Waals surface area contributed by atoms with Crippen molar-refractivity contribution in [3.8, 4) is 0 Å². The number of hydrogen-bond donors (Lipinski definition) is 1. The third-order valence-corrected chi connectivity index (χ3v) is 3.95. The van der Waals surface area contributed by atoms with Gasteiger partial charge in [-0.05, 0) is 35.6 Å². The van der Waals surface area contributed by atoms with Crippen LogP contribution in [0.15, 0.2) is 18.2 Å². The number of nitrogens with two attached hydrogens (primary N) is 1. The van der Waals surface area contributed by atoms with Gasteiger partial charge in [0.05, 0.1) is 0 Å². The first-order chi connectivity index (χ1) is 8.02. The highest BCUT2D eigenvalue weighted by Crippen LogP contribution is 2.14. The van der Waals surface area contributed by atoms with E-state index >= 15 is 0 Å². The molecule has 0 spiro atoms. The number of rotatable bonds is 6. The van der Waals surface area contributed by atoms with Crippen molar-refractivity contribution in [2.24, 2.45) is 11.7 Å². The molecule has 4 heteroatoms. The molecular formula is C13H20FNOS. The Balaban J connectivity index is 2.64.